The lowest BCUT2D eigenvalue weighted by molar-refractivity contribution is -0.144. The van der Waals surface area contributed by atoms with Crippen LogP contribution in [-0.2, 0) is 22.6 Å². The Kier molecular flexibility index (Phi) is 4.69. The second-order valence-corrected chi connectivity index (χ2v) is 5.20. The first kappa shape index (κ1) is 14.5. The molecule has 2 N–H and O–H groups in total. The summed E-state index contributed by atoms with van der Waals surface area (Å²) >= 11 is 4.37. The molecule has 0 aromatic heterocycles. The van der Waals surface area contributed by atoms with Crippen LogP contribution in [0.5, 0.6) is 0 Å². The summed E-state index contributed by atoms with van der Waals surface area (Å²) in [6.45, 7) is 2.23. The number of aryl methyl sites for hydroxylation is 1. The lowest BCUT2D eigenvalue weighted by Crippen LogP contribution is -2.08. The molecule has 0 amide bonds. The third kappa shape index (κ3) is 4.03. The number of hydrogen-bond acceptors (Lipinski definition) is 4. The molecule has 0 unspecified atom stereocenters. The summed E-state index contributed by atoms with van der Waals surface area (Å²) in [5.41, 5.74) is 9.20. The van der Waals surface area contributed by atoms with E-state index in [1.807, 2.05) is 37.3 Å². The number of esters is 1. The van der Waals surface area contributed by atoms with Crippen molar-refractivity contribution in [2.75, 3.05) is 5.73 Å². The highest BCUT2D eigenvalue weighted by Gasteiger charge is 2.07. The first-order valence-corrected chi connectivity index (χ1v) is 6.78. The molecule has 3 nitrogen and oxygen atoms in total. The number of ether oxygens (including phenoxy) is 1. The average Bonchev–Trinajstić information content (AvgIpc) is 2.37. The lowest BCUT2D eigenvalue weighted by Gasteiger charge is -2.08. The number of thiol groups is 1. The van der Waals surface area contributed by atoms with Gasteiger partial charge in [0.15, 0.2) is 0 Å². The number of carbonyl (C=O) groups is 1. The number of hydrogen-bond donors (Lipinski definition) is 2. The van der Waals surface area contributed by atoms with Crippen molar-refractivity contribution in [3.8, 4) is 0 Å². The van der Waals surface area contributed by atoms with E-state index < -0.39 is 0 Å². The van der Waals surface area contributed by atoms with Gasteiger partial charge in [0, 0.05) is 16.1 Å². The molecule has 0 radical (unpaired) electrons. The molecule has 4 heteroatoms. The van der Waals surface area contributed by atoms with Crippen LogP contribution in [0.2, 0.25) is 0 Å². The smallest absolute Gasteiger partial charge is 0.310 e. The van der Waals surface area contributed by atoms with Crippen molar-refractivity contribution in [1.29, 1.82) is 0 Å². The normalized spacial score (nSPS) is 10.3. The molecular weight excluding hydrogens is 270 g/mol. The number of nitrogens with two attached hydrogens (primary N) is 1. The number of carbonyl (C=O) groups excluding carboxylic acids is 1. The Bertz CT molecular complexity index is 626. The molecule has 104 valence electrons. The molecule has 0 spiro atoms. The molecular formula is C16H17NO2S. The van der Waals surface area contributed by atoms with Gasteiger partial charge >= 0.3 is 5.97 Å². The van der Waals surface area contributed by atoms with Gasteiger partial charge in [0.25, 0.3) is 0 Å². The van der Waals surface area contributed by atoms with Crippen LogP contribution < -0.4 is 5.73 Å². The van der Waals surface area contributed by atoms with E-state index in [1.165, 1.54) is 0 Å². The van der Waals surface area contributed by atoms with Crippen molar-refractivity contribution in [3.63, 3.8) is 0 Å². The van der Waals surface area contributed by atoms with Gasteiger partial charge in [0.05, 0.1) is 6.42 Å². The Hall–Kier alpha value is -1.94. The predicted octanol–water partition coefficient (Wildman–Crippen LogP) is 3.15. The van der Waals surface area contributed by atoms with E-state index in [0.717, 1.165) is 21.6 Å². The largest absolute Gasteiger partial charge is 0.461 e. The highest BCUT2D eigenvalue weighted by atomic mass is 32.1. The summed E-state index contributed by atoms with van der Waals surface area (Å²) in [5, 5.41) is 0. The zero-order chi connectivity index (χ0) is 14.5. The Morgan fingerprint density at radius 3 is 2.75 bits per heavy atom. The van der Waals surface area contributed by atoms with Gasteiger partial charge in [-0.25, -0.2) is 0 Å². The molecule has 0 aliphatic carbocycles. The zero-order valence-corrected chi connectivity index (χ0v) is 12.2. The summed E-state index contributed by atoms with van der Waals surface area (Å²) in [4.78, 5) is 12.6. The molecule has 2 aromatic rings. The van der Waals surface area contributed by atoms with Crippen LogP contribution in [0.25, 0.3) is 0 Å². The number of nitrogen functional groups attached to an aromatic ring is 1. The van der Waals surface area contributed by atoms with Crippen molar-refractivity contribution in [3.05, 3.63) is 59.2 Å². The average molecular weight is 287 g/mol. The maximum atomic E-state index is 11.8. The fraction of sp³-hybridized carbons (Fsp3) is 0.188. The topological polar surface area (TPSA) is 52.3 Å². The van der Waals surface area contributed by atoms with E-state index in [0.29, 0.717) is 5.69 Å². The third-order valence-corrected chi connectivity index (χ3v) is 3.35. The zero-order valence-electron chi connectivity index (χ0n) is 11.3. The van der Waals surface area contributed by atoms with Crippen LogP contribution in [0.3, 0.4) is 0 Å². The lowest BCUT2D eigenvalue weighted by atomic mass is 10.1. The second-order valence-electron chi connectivity index (χ2n) is 4.71. The highest BCUT2D eigenvalue weighted by molar-refractivity contribution is 7.80. The van der Waals surface area contributed by atoms with Crippen LogP contribution >= 0.6 is 12.6 Å². The minimum atomic E-state index is -0.274. The van der Waals surface area contributed by atoms with E-state index in [-0.39, 0.29) is 19.0 Å². The van der Waals surface area contributed by atoms with Crippen molar-refractivity contribution in [2.24, 2.45) is 0 Å². The molecule has 2 aromatic carbocycles. The fourth-order valence-electron chi connectivity index (χ4n) is 1.87. The van der Waals surface area contributed by atoms with Crippen LogP contribution in [0.1, 0.15) is 16.7 Å². The van der Waals surface area contributed by atoms with Crippen molar-refractivity contribution < 1.29 is 9.53 Å². The van der Waals surface area contributed by atoms with Crippen molar-refractivity contribution in [1.82, 2.24) is 0 Å². The van der Waals surface area contributed by atoms with Gasteiger partial charge in [-0.15, -0.1) is 12.6 Å². The van der Waals surface area contributed by atoms with E-state index in [2.05, 4.69) is 12.6 Å². The quantitative estimate of drug-likeness (QED) is 0.516. The number of anilines is 1. The van der Waals surface area contributed by atoms with Gasteiger partial charge in [-0.3, -0.25) is 4.79 Å². The van der Waals surface area contributed by atoms with Gasteiger partial charge in [-0.2, -0.15) is 0 Å². The van der Waals surface area contributed by atoms with Gasteiger partial charge in [-0.1, -0.05) is 29.8 Å². The molecule has 20 heavy (non-hydrogen) atoms. The standard InChI is InChI=1S/C16H17NO2S/c1-11-5-6-13(15(20)7-11)10-19-16(18)9-12-3-2-4-14(17)8-12/h2-8,20H,9-10,17H2,1H3. The third-order valence-electron chi connectivity index (χ3n) is 2.93. The number of rotatable bonds is 4. The van der Waals surface area contributed by atoms with Gasteiger partial charge < -0.3 is 10.5 Å². The molecule has 0 saturated heterocycles. The van der Waals surface area contributed by atoms with Gasteiger partial charge in [0.2, 0.25) is 0 Å². The Labute approximate surface area is 124 Å². The number of benzene rings is 2. The summed E-state index contributed by atoms with van der Waals surface area (Å²) < 4.78 is 5.26. The van der Waals surface area contributed by atoms with E-state index in [1.54, 1.807) is 12.1 Å². The molecule has 0 atom stereocenters. The van der Waals surface area contributed by atoms with E-state index in [9.17, 15) is 4.79 Å². The predicted molar refractivity (Wildman–Crippen MR) is 82.8 cm³/mol. The summed E-state index contributed by atoms with van der Waals surface area (Å²) in [5.74, 6) is -0.274. The minimum Gasteiger partial charge on any atom is -0.461 e. The van der Waals surface area contributed by atoms with Crippen molar-refractivity contribution >= 4 is 24.3 Å². The first-order chi connectivity index (χ1) is 9.54. The first-order valence-electron chi connectivity index (χ1n) is 6.33. The Balaban J connectivity index is 1.92. The Morgan fingerprint density at radius 2 is 2.05 bits per heavy atom. The molecule has 0 fully saturated rings. The minimum absolute atomic E-state index is 0.221. The summed E-state index contributed by atoms with van der Waals surface area (Å²) in [6, 6.07) is 13.1. The monoisotopic (exact) mass is 287 g/mol. The highest BCUT2D eigenvalue weighted by Crippen LogP contribution is 2.17. The van der Waals surface area contributed by atoms with E-state index >= 15 is 0 Å². The summed E-state index contributed by atoms with van der Waals surface area (Å²) in [7, 11) is 0. The molecule has 0 bridgehead atoms. The maximum Gasteiger partial charge on any atom is 0.310 e. The van der Waals surface area contributed by atoms with Crippen molar-refractivity contribution in [2.45, 2.75) is 24.8 Å². The van der Waals surface area contributed by atoms with E-state index in [4.69, 9.17) is 10.5 Å². The Morgan fingerprint density at radius 1 is 1.25 bits per heavy atom. The van der Waals surface area contributed by atoms with Gasteiger partial charge in [0.1, 0.15) is 6.61 Å². The molecule has 0 heterocycles. The molecule has 0 saturated carbocycles. The SMILES string of the molecule is Cc1ccc(COC(=O)Cc2cccc(N)c2)c(S)c1. The fourth-order valence-corrected chi connectivity index (χ4v) is 2.22. The molecule has 0 aliphatic heterocycles. The maximum absolute atomic E-state index is 11.8. The molecule has 0 aliphatic rings. The van der Waals surface area contributed by atoms with Crippen LogP contribution in [0.15, 0.2) is 47.4 Å². The van der Waals surface area contributed by atoms with Crippen LogP contribution in [0, 0.1) is 6.92 Å². The van der Waals surface area contributed by atoms with Crippen LogP contribution in [0.4, 0.5) is 5.69 Å². The molecule has 2 rings (SSSR count). The van der Waals surface area contributed by atoms with Crippen LogP contribution in [-0.4, -0.2) is 5.97 Å². The second kappa shape index (κ2) is 6.48. The van der Waals surface area contributed by atoms with Gasteiger partial charge in [-0.05, 0) is 30.7 Å². The summed E-state index contributed by atoms with van der Waals surface area (Å²) in [6.07, 6.45) is 0.221.